The average Bonchev–Trinajstić information content (AvgIpc) is 2.42. The Labute approximate surface area is 78.8 Å². The van der Waals surface area contributed by atoms with Crippen molar-refractivity contribution in [2.75, 3.05) is 18.1 Å². The molecule has 0 N–H and O–H groups in total. The van der Waals surface area contributed by atoms with Crippen LogP contribution in [0.5, 0.6) is 0 Å². The Bertz CT molecular complexity index is 273. The van der Waals surface area contributed by atoms with Crippen molar-refractivity contribution < 1.29 is 13.2 Å². The van der Waals surface area contributed by atoms with Crippen molar-refractivity contribution in [3.63, 3.8) is 0 Å². The molecule has 0 bridgehead atoms. The van der Waals surface area contributed by atoms with Gasteiger partial charge in [0.1, 0.15) is 0 Å². The van der Waals surface area contributed by atoms with Crippen LogP contribution in [-0.4, -0.2) is 43.8 Å². The number of amides is 1. The topological polar surface area (TPSA) is 54.5 Å². The molecular weight excluding hydrogens is 190 g/mol. The molecule has 0 aromatic heterocycles. The number of nitrogens with zero attached hydrogens (tertiary/aromatic N) is 1. The monoisotopic (exact) mass is 205 g/mol. The summed E-state index contributed by atoms with van der Waals surface area (Å²) in [7, 11) is -2.87. The number of hydrogen-bond donors (Lipinski definition) is 0. The fraction of sp³-hybridized carbons (Fsp3) is 0.875. The van der Waals surface area contributed by atoms with Gasteiger partial charge in [-0.05, 0) is 12.8 Å². The Hall–Kier alpha value is -0.580. The molecule has 1 saturated heterocycles. The van der Waals surface area contributed by atoms with Crippen molar-refractivity contribution in [2.24, 2.45) is 0 Å². The molecule has 0 aromatic rings. The van der Waals surface area contributed by atoms with Crippen LogP contribution in [0.3, 0.4) is 0 Å². The van der Waals surface area contributed by atoms with Crippen LogP contribution in [0.25, 0.3) is 0 Å². The van der Waals surface area contributed by atoms with Crippen LogP contribution in [0.2, 0.25) is 0 Å². The maximum atomic E-state index is 11.1. The molecule has 76 valence electrons. The van der Waals surface area contributed by atoms with Gasteiger partial charge in [0.05, 0.1) is 11.5 Å². The molecule has 0 saturated carbocycles. The summed E-state index contributed by atoms with van der Waals surface area (Å²) in [5, 5.41) is 0. The standard InChI is InChI=1S/C8H15NO3S/c1-2-4-9(7-10)8-3-5-13(11,12)6-8/h7-8H,2-6H2,1H3. The highest BCUT2D eigenvalue weighted by Crippen LogP contribution is 2.16. The first-order valence-corrected chi connectivity index (χ1v) is 6.32. The summed E-state index contributed by atoms with van der Waals surface area (Å²) in [4.78, 5) is 12.2. The van der Waals surface area contributed by atoms with E-state index in [9.17, 15) is 13.2 Å². The van der Waals surface area contributed by atoms with Gasteiger partial charge in [0.25, 0.3) is 0 Å². The molecule has 0 aromatic carbocycles. The summed E-state index contributed by atoms with van der Waals surface area (Å²) < 4.78 is 22.2. The summed E-state index contributed by atoms with van der Waals surface area (Å²) in [6, 6.07) is -0.0811. The Morgan fingerprint density at radius 1 is 1.54 bits per heavy atom. The van der Waals surface area contributed by atoms with Gasteiger partial charge >= 0.3 is 0 Å². The SMILES string of the molecule is CCCN(C=O)C1CCS(=O)(=O)C1. The molecule has 4 nitrogen and oxygen atoms in total. The molecule has 1 atom stereocenters. The molecule has 1 aliphatic heterocycles. The van der Waals surface area contributed by atoms with Crippen molar-refractivity contribution in [3.8, 4) is 0 Å². The second kappa shape index (κ2) is 4.09. The van der Waals surface area contributed by atoms with E-state index in [-0.39, 0.29) is 17.5 Å². The van der Waals surface area contributed by atoms with Gasteiger partial charge in [-0.1, -0.05) is 6.92 Å². The lowest BCUT2D eigenvalue weighted by molar-refractivity contribution is -0.119. The molecule has 5 heteroatoms. The largest absolute Gasteiger partial charge is 0.341 e. The van der Waals surface area contributed by atoms with Gasteiger partial charge < -0.3 is 4.90 Å². The van der Waals surface area contributed by atoms with Crippen LogP contribution >= 0.6 is 0 Å². The van der Waals surface area contributed by atoms with Crippen LogP contribution < -0.4 is 0 Å². The summed E-state index contributed by atoms with van der Waals surface area (Å²) >= 11 is 0. The third-order valence-electron chi connectivity index (χ3n) is 2.29. The lowest BCUT2D eigenvalue weighted by Gasteiger charge is -2.22. The van der Waals surface area contributed by atoms with Gasteiger partial charge in [-0.15, -0.1) is 0 Å². The second-order valence-electron chi connectivity index (χ2n) is 3.40. The minimum absolute atomic E-state index is 0.0811. The average molecular weight is 205 g/mol. The highest BCUT2D eigenvalue weighted by atomic mass is 32.2. The van der Waals surface area contributed by atoms with Crippen LogP contribution in [0.4, 0.5) is 0 Å². The summed E-state index contributed by atoms with van der Waals surface area (Å²) in [6.45, 7) is 2.63. The third kappa shape index (κ3) is 2.69. The number of sulfone groups is 1. The molecule has 1 fully saturated rings. The van der Waals surface area contributed by atoms with Crippen LogP contribution in [-0.2, 0) is 14.6 Å². The highest BCUT2D eigenvalue weighted by Gasteiger charge is 2.31. The van der Waals surface area contributed by atoms with Gasteiger partial charge in [0.2, 0.25) is 6.41 Å². The van der Waals surface area contributed by atoms with E-state index in [0.29, 0.717) is 13.0 Å². The maximum Gasteiger partial charge on any atom is 0.209 e. The van der Waals surface area contributed by atoms with Crippen LogP contribution in [0.1, 0.15) is 19.8 Å². The molecule has 13 heavy (non-hydrogen) atoms. The third-order valence-corrected chi connectivity index (χ3v) is 4.04. The van der Waals surface area contributed by atoms with E-state index in [1.165, 1.54) is 0 Å². The van der Waals surface area contributed by atoms with Gasteiger partial charge in [-0.3, -0.25) is 4.79 Å². The first kappa shape index (κ1) is 10.5. The summed E-state index contributed by atoms with van der Waals surface area (Å²) in [6.07, 6.45) is 2.23. The molecule has 0 radical (unpaired) electrons. The van der Waals surface area contributed by atoms with Crippen LogP contribution in [0, 0.1) is 0 Å². The molecule has 1 unspecified atom stereocenters. The molecule has 1 aliphatic rings. The zero-order chi connectivity index (χ0) is 9.90. The molecule has 0 spiro atoms. The first-order valence-electron chi connectivity index (χ1n) is 4.50. The fourth-order valence-corrected chi connectivity index (χ4v) is 3.36. The molecular formula is C8H15NO3S. The second-order valence-corrected chi connectivity index (χ2v) is 5.63. The number of hydrogen-bond acceptors (Lipinski definition) is 3. The minimum atomic E-state index is -2.87. The van der Waals surface area contributed by atoms with E-state index in [4.69, 9.17) is 0 Å². The lowest BCUT2D eigenvalue weighted by Crippen LogP contribution is -2.35. The summed E-state index contributed by atoms with van der Waals surface area (Å²) in [5.74, 6) is 0.372. The fourth-order valence-electron chi connectivity index (χ4n) is 1.62. The normalized spacial score (nSPS) is 25.8. The Morgan fingerprint density at radius 3 is 2.62 bits per heavy atom. The zero-order valence-corrected chi connectivity index (χ0v) is 8.59. The lowest BCUT2D eigenvalue weighted by atomic mass is 10.2. The quantitative estimate of drug-likeness (QED) is 0.609. The zero-order valence-electron chi connectivity index (χ0n) is 7.77. The smallest absolute Gasteiger partial charge is 0.209 e. The van der Waals surface area contributed by atoms with Crippen molar-refractivity contribution >= 4 is 16.2 Å². The number of carbonyl (C=O) groups is 1. The van der Waals surface area contributed by atoms with Gasteiger partial charge in [0.15, 0.2) is 9.84 Å². The van der Waals surface area contributed by atoms with Crippen molar-refractivity contribution in [3.05, 3.63) is 0 Å². The van der Waals surface area contributed by atoms with Crippen molar-refractivity contribution in [1.29, 1.82) is 0 Å². The van der Waals surface area contributed by atoms with Gasteiger partial charge in [-0.2, -0.15) is 0 Å². The molecule has 0 aliphatic carbocycles. The molecule has 1 amide bonds. The van der Waals surface area contributed by atoms with E-state index >= 15 is 0 Å². The molecule has 1 rings (SSSR count). The Balaban J connectivity index is 2.57. The Morgan fingerprint density at radius 2 is 2.23 bits per heavy atom. The number of carbonyl (C=O) groups excluding carboxylic acids is 1. The van der Waals surface area contributed by atoms with E-state index in [1.807, 2.05) is 6.92 Å². The van der Waals surface area contributed by atoms with Gasteiger partial charge in [-0.25, -0.2) is 8.42 Å². The van der Waals surface area contributed by atoms with E-state index in [2.05, 4.69) is 0 Å². The minimum Gasteiger partial charge on any atom is -0.341 e. The Kier molecular flexibility index (Phi) is 3.30. The van der Waals surface area contributed by atoms with E-state index < -0.39 is 9.84 Å². The van der Waals surface area contributed by atoms with Crippen molar-refractivity contribution in [1.82, 2.24) is 4.90 Å². The molecule has 1 heterocycles. The van der Waals surface area contributed by atoms with Crippen molar-refractivity contribution in [2.45, 2.75) is 25.8 Å². The predicted molar refractivity (Wildman–Crippen MR) is 50.1 cm³/mol. The predicted octanol–water partition coefficient (Wildman–Crippen LogP) is 0.0419. The van der Waals surface area contributed by atoms with E-state index in [1.54, 1.807) is 4.90 Å². The van der Waals surface area contributed by atoms with E-state index in [0.717, 1.165) is 12.8 Å². The highest BCUT2D eigenvalue weighted by molar-refractivity contribution is 7.91. The van der Waals surface area contributed by atoms with Crippen LogP contribution in [0.15, 0.2) is 0 Å². The van der Waals surface area contributed by atoms with Gasteiger partial charge in [0, 0.05) is 12.6 Å². The first-order chi connectivity index (χ1) is 6.09. The summed E-state index contributed by atoms with van der Waals surface area (Å²) in [5.41, 5.74) is 0. The maximum absolute atomic E-state index is 11.1. The number of rotatable bonds is 4.